The van der Waals surface area contributed by atoms with E-state index in [0.29, 0.717) is 24.0 Å². The maximum atomic E-state index is 11.1. The highest BCUT2D eigenvalue weighted by Gasteiger charge is 2.63. The molecule has 6 atom stereocenters. The highest BCUT2D eigenvalue weighted by molar-refractivity contribution is 6.24. The Morgan fingerprint density at radius 1 is 1.22 bits per heavy atom. The predicted octanol–water partition coefficient (Wildman–Crippen LogP) is 0.189. The first-order valence-corrected chi connectivity index (χ1v) is 9.66. The lowest BCUT2D eigenvalue weighted by atomic mass is 9.77. The van der Waals surface area contributed by atoms with Crippen LogP contribution in [0, 0.1) is 5.92 Å². The van der Waals surface area contributed by atoms with Crippen LogP contribution in [0.5, 0.6) is 0 Å². The van der Waals surface area contributed by atoms with Gasteiger partial charge in [0.1, 0.15) is 30.2 Å². The second kappa shape index (κ2) is 6.98. The molecule has 11 heteroatoms. The second-order valence-electron chi connectivity index (χ2n) is 7.06. The van der Waals surface area contributed by atoms with Crippen LogP contribution in [0.4, 0.5) is 5.82 Å². The summed E-state index contributed by atoms with van der Waals surface area (Å²) in [6, 6.07) is 0. The molecule has 2 aromatic heterocycles. The lowest BCUT2D eigenvalue weighted by Crippen LogP contribution is -2.57. The summed E-state index contributed by atoms with van der Waals surface area (Å²) in [4.78, 5) is 12.4. The Balaban J connectivity index is 1.95. The summed E-state index contributed by atoms with van der Waals surface area (Å²) in [6.07, 6.45) is 1.15. The number of hydrogen-bond acceptors (Lipinski definition) is 8. The number of aromatic nitrogens is 4. The molecule has 0 aromatic carbocycles. The first-order valence-electron chi connectivity index (χ1n) is 8.78. The van der Waals surface area contributed by atoms with Crippen molar-refractivity contribution >= 4 is 40.2 Å². The summed E-state index contributed by atoms with van der Waals surface area (Å²) < 4.78 is 7.62. The van der Waals surface area contributed by atoms with Gasteiger partial charge in [-0.25, -0.2) is 15.0 Å². The molecule has 5 N–H and O–H groups in total. The van der Waals surface area contributed by atoms with E-state index in [9.17, 15) is 15.3 Å². The van der Waals surface area contributed by atoms with Crippen LogP contribution in [0.2, 0.25) is 0 Å². The zero-order chi connectivity index (χ0) is 19.3. The quantitative estimate of drug-likeness (QED) is 0.518. The molecule has 0 radical (unpaired) electrons. The van der Waals surface area contributed by atoms with E-state index in [2.05, 4.69) is 15.0 Å². The summed E-state index contributed by atoms with van der Waals surface area (Å²) in [5, 5.41) is 30.4. The monoisotopic (exact) mass is 417 g/mol. The Kier molecular flexibility index (Phi) is 4.94. The smallest absolute Gasteiger partial charge is 0.182 e. The Morgan fingerprint density at radius 3 is 2.56 bits per heavy atom. The maximum absolute atomic E-state index is 11.1. The SMILES string of the molecule is Nc1ncnc2c1ncn2[C@]1(C2C(Cl)CCCC2Cl)O[C@H](CO)[C@@H](O)[C@H]1O. The molecule has 1 saturated heterocycles. The number of rotatable bonds is 3. The molecule has 1 aliphatic carbocycles. The molecule has 0 bridgehead atoms. The number of anilines is 1. The van der Waals surface area contributed by atoms with Gasteiger partial charge in [-0.15, -0.1) is 23.2 Å². The van der Waals surface area contributed by atoms with Gasteiger partial charge >= 0.3 is 0 Å². The van der Waals surface area contributed by atoms with Crippen LogP contribution in [0.15, 0.2) is 12.7 Å². The molecular weight excluding hydrogens is 397 g/mol. The van der Waals surface area contributed by atoms with E-state index in [1.54, 1.807) is 0 Å². The van der Waals surface area contributed by atoms with Crippen LogP contribution in [0.3, 0.4) is 0 Å². The molecular formula is C16H21Cl2N5O4. The van der Waals surface area contributed by atoms with Crippen molar-refractivity contribution in [2.45, 2.75) is 54.1 Å². The van der Waals surface area contributed by atoms with Crippen molar-refractivity contribution < 1.29 is 20.1 Å². The fourth-order valence-electron chi connectivity index (χ4n) is 4.33. The van der Waals surface area contributed by atoms with Crippen molar-refractivity contribution in [2.24, 2.45) is 5.92 Å². The minimum absolute atomic E-state index is 0.175. The maximum Gasteiger partial charge on any atom is 0.182 e. The third-order valence-corrected chi connectivity index (χ3v) is 6.58. The van der Waals surface area contributed by atoms with E-state index in [1.807, 2.05) is 0 Å². The molecule has 2 unspecified atom stereocenters. The molecule has 9 nitrogen and oxygen atoms in total. The number of nitrogens with two attached hydrogens (primary N) is 1. The fourth-order valence-corrected chi connectivity index (χ4v) is 5.43. The van der Waals surface area contributed by atoms with Gasteiger partial charge in [-0.05, 0) is 12.8 Å². The van der Waals surface area contributed by atoms with Gasteiger partial charge in [0.15, 0.2) is 17.2 Å². The largest absolute Gasteiger partial charge is 0.394 e. The van der Waals surface area contributed by atoms with Gasteiger partial charge < -0.3 is 25.8 Å². The summed E-state index contributed by atoms with van der Waals surface area (Å²) >= 11 is 13.3. The first kappa shape index (κ1) is 19.1. The number of fused-ring (bicyclic) bond motifs is 1. The first-order chi connectivity index (χ1) is 12.9. The topological polar surface area (TPSA) is 140 Å². The molecule has 148 valence electrons. The third-order valence-electron chi connectivity index (χ3n) is 5.60. The number of hydrogen-bond donors (Lipinski definition) is 4. The average molecular weight is 418 g/mol. The lowest BCUT2D eigenvalue weighted by Gasteiger charge is -2.46. The van der Waals surface area contributed by atoms with Crippen molar-refractivity contribution in [3.05, 3.63) is 12.7 Å². The molecule has 4 rings (SSSR count). The number of aliphatic hydroxyl groups is 3. The van der Waals surface area contributed by atoms with Gasteiger partial charge in [0, 0.05) is 16.7 Å². The number of ether oxygens (including phenoxy) is 1. The summed E-state index contributed by atoms with van der Waals surface area (Å²) in [5.74, 6) is -0.390. The van der Waals surface area contributed by atoms with E-state index in [0.717, 1.165) is 6.42 Å². The second-order valence-corrected chi connectivity index (χ2v) is 8.18. The summed E-state index contributed by atoms with van der Waals surface area (Å²) in [5.41, 5.74) is 4.99. The molecule has 0 spiro atoms. The normalized spacial score (nSPS) is 39.9. The number of aliphatic hydroxyl groups excluding tert-OH is 3. The van der Waals surface area contributed by atoms with Crippen molar-refractivity contribution in [2.75, 3.05) is 12.3 Å². The molecule has 3 heterocycles. The van der Waals surface area contributed by atoms with Crippen LogP contribution in [0.1, 0.15) is 19.3 Å². The molecule has 27 heavy (non-hydrogen) atoms. The molecule has 1 saturated carbocycles. The number of imidazole rings is 1. The van der Waals surface area contributed by atoms with Crippen molar-refractivity contribution in [1.29, 1.82) is 0 Å². The minimum Gasteiger partial charge on any atom is -0.394 e. The zero-order valence-electron chi connectivity index (χ0n) is 14.3. The molecule has 2 fully saturated rings. The van der Waals surface area contributed by atoms with Gasteiger partial charge in [0.25, 0.3) is 0 Å². The van der Waals surface area contributed by atoms with Gasteiger partial charge in [0.05, 0.1) is 12.9 Å². The van der Waals surface area contributed by atoms with E-state index in [1.165, 1.54) is 17.2 Å². The predicted molar refractivity (Wildman–Crippen MR) is 98.3 cm³/mol. The van der Waals surface area contributed by atoms with Crippen LogP contribution < -0.4 is 5.73 Å². The number of halogens is 2. The van der Waals surface area contributed by atoms with E-state index in [4.69, 9.17) is 33.7 Å². The van der Waals surface area contributed by atoms with Gasteiger partial charge in [-0.2, -0.15) is 0 Å². The Labute approximate surface area is 165 Å². The zero-order valence-corrected chi connectivity index (χ0v) is 15.8. The Morgan fingerprint density at radius 2 is 1.93 bits per heavy atom. The van der Waals surface area contributed by atoms with Crippen molar-refractivity contribution in [1.82, 2.24) is 19.5 Å². The standard InChI is InChI=1S/C16H21Cl2N5O4/c17-7-2-1-3-8(18)10(7)16(13(26)12(25)9(4-24)27-16)23-6-22-11-14(19)20-5-21-15(11)23/h5-10,12-13,24-26H,1-4H2,(H2,19,20,21)/t7?,8?,9-,10?,12-,13-,16-/m1/s1. The van der Waals surface area contributed by atoms with Gasteiger partial charge in [-0.1, -0.05) is 6.42 Å². The summed E-state index contributed by atoms with van der Waals surface area (Å²) in [6.45, 7) is -0.476. The highest BCUT2D eigenvalue weighted by Crippen LogP contribution is 2.50. The molecule has 1 aliphatic heterocycles. The Hall–Kier alpha value is -1.23. The number of alkyl halides is 2. The van der Waals surface area contributed by atoms with Crippen molar-refractivity contribution in [3.63, 3.8) is 0 Å². The molecule has 2 aromatic rings. The van der Waals surface area contributed by atoms with Crippen LogP contribution in [0.25, 0.3) is 11.2 Å². The Bertz CT molecular complexity index is 828. The van der Waals surface area contributed by atoms with Crippen LogP contribution in [-0.2, 0) is 10.5 Å². The number of nitrogens with zero attached hydrogens (tertiary/aromatic N) is 4. The molecule has 2 aliphatic rings. The van der Waals surface area contributed by atoms with Crippen LogP contribution in [-0.4, -0.2) is 70.5 Å². The molecule has 0 amide bonds. The average Bonchev–Trinajstić information content (AvgIpc) is 3.18. The van der Waals surface area contributed by atoms with E-state index < -0.39 is 47.3 Å². The third kappa shape index (κ3) is 2.72. The van der Waals surface area contributed by atoms with Gasteiger partial charge in [0.2, 0.25) is 0 Å². The van der Waals surface area contributed by atoms with E-state index >= 15 is 0 Å². The number of nitrogen functional groups attached to an aromatic ring is 1. The van der Waals surface area contributed by atoms with Crippen molar-refractivity contribution in [3.8, 4) is 0 Å². The minimum atomic E-state index is -1.55. The van der Waals surface area contributed by atoms with Gasteiger partial charge in [-0.3, -0.25) is 4.57 Å². The van der Waals surface area contributed by atoms with Crippen LogP contribution >= 0.6 is 23.2 Å². The van der Waals surface area contributed by atoms with E-state index in [-0.39, 0.29) is 5.82 Å². The highest BCUT2D eigenvalue weighted by atomic mass is 35.5. The fraction of sp³-hybridized carbons (Fsp3) is 0.688. The lowest BCUT2D eigenvalue weighted by molar-refractivity contribution is -0.185. The summed E-state index contributed by atoms with van der Waals surface area (Å²) in [7, 11) is 0.